The van der Waals surface area contributed by atoms with E-state index < -0.39 is 15.7 Å². The summed E-state index contributed by atoms with van der Waals surface area (Å²) >= 11 is 0. The van der Waals surface area contributed by atoms with Gasteiger partial charge in [0.2, 0.25) is 16.0 Å². The summed E-state index contributed by atoms with van der Waals surface area (Å²) in [7, 11) is -3.59. The molecule has 0 radical (unpaired) electrons. The van der Waals surface area contributed by atoms with E-state index >= 15 is 0 Å². The number of hydrogen-bond acceptors (Lipinski definition) is 6. The number of benzene rings is 1. The molecule has 7 nitrogen and oxygen atoms in total. The van der Waals surface area contributed by atoms with Crippen molar-refractivity contribution in [2.24, 2.45) is 5.92 Å². The Morgan fingerprint density at radius 1 is 1.10 bits per heavy atom. The second-order valence-electron chi connectivity index (χ2n) is 8.12. The van der Waals surface area contributed by atoms with Crippen molar-refractivity contribution in [3.05, 3.63) is 48.3 Å². The topological polar surface area (TPSA) is 75.6 Å². The molecule has 1 spiro atoms. The van der Waals surface area contributed by atoms with Gasteiger partial charge in [-0.05, 0) is 30.5 Å². The average molecular weight is 417 g/mol. The van der Waals surface area contributed by atoms with Gasteiger partial charge in [0.25, 0.3) is 0 Å². The molecular weight excluding hydrogens is 388 g/mol. The molecule has 3 heterocycles. The molecular formula is C21H28N4O3S. The Morgan fingerprint density at radius 2 is 1.83 bits per heavy atom. The summed E-state index contributed by atoms with van der Waals surface area (Å²) < 4.78 is 34.0. The molecule has 0 aliphatic carbocycles. The summed E-state index contributed by atoms with van der Waals surface area (Å²) in [6.45, 7) is 6.47. The van der Waals surface area contributed by atoms with Crippen molar-refractivity contribution in [1.82, 2.24) is 14.3 Å². The number of sulfonamides is 1. The van der Waals surface area contributed by atoms with Crippen LogP contribution in [-0.4, -0.2) is 54.7 Å². The van der Waals surface area contributed by atoms with Gasteiger partial charge in [-0.25, -0.2) is 18.4 Å². The van der Waals surface area contributed by atoms with E-state index in [4.69, 9.17) is 9.72 Å². The number of rotatable bonds is 5. The molecule has 1 aromatic carbocycles. The second kappa shape index (κ2) is 8.01. The van der Waals surface area contributed by atoms with Gasteiger partial charge in [0.05, 0.1) is 11.5 Å². The highest BCUT2D eigenvalue weighted by Gasteiger charge is 2.50. The van der Waals surface area contributed by atoms with Crippen LogP contribution in [0, 0.1) is 5.92 Å². The number of aromatic nitrogens is 2. The minimum Gasteiger partial charge on any atom is -0.358 e. The summed E-state index contributed by atoms with van der Waals surface area (Å²) in [5.74, 6) is 1.25. The first-order chi connectivity index (χ1) is 13.9. The number of piperidine rings is 1. The van der Waals surface area contributed by atoms with E-state index in [1.807, 2.05) is 18.3 Å². The molecule has 0 amide bonds. The highest BCUT2D eigenvalue weighted by atomic mass is 32.2. The minimum atomic E-state index is -3.59. The highest BCUT2D eigenvalue weighted by Crippen LogP contribution is 2.38. The zero-order chi connectivity index (χ0) is 20.5. The molecule has 156 valence electrons. The monoisotopic (exact) mass is 416 g/mol. The van der Waals surface area contributed by atoms with Crippen molar-refractivity contribution >= 4 is 16.0 Å². The lowest BCUT2D eigenvalue weighted by molar-refractivity contribution is -0.0665. The first kappa shape index (κ1) is 20.3. The Balaban J connectivity index is 1.51. The molecule has 0 saturated carbocycles. The van der Waals surface area contributed by atoms with Gasteiger partial charge in [-0.15, -0.1) is 0 Å². The fourth-order valence-corrected chi connectivity index (χ4v) is 5.92. The summed E-state index contributed by atoms with van der Waals surface area (Å²) in [5.41, 5.74) is 0.261. The molecule has 2 fully saturated rings. The van der Waals surface area contributed by atoms with Crippen LogP contribution in [0.2, 0.25) is 0 Å². The zero-order valence-electron chi connectivity index (χ0n) is 17.0. The van der Waals surface area contributed by atoms with Crippen molar-refractivity contribution in [3.63, 3.8) is 0 Å². The van der Waals surface area contributed by atoms with E-state index in [9.17, 15) is 8.42 Å². The number of anilines is 1. The van der Waals surface area contributed by atoms with Gasteiger partial charge in [-0.1, -0.05) is 32.0 Å². The maximum atomic E-state index is 13.2. The minimum absolute atomic E-state index is 0.317. The predicted molar refractivity (Wildman–Crippen MR) is 111 cm³/mol. The molecule has 0 unspecified atom stereocenters. The van der Waals surface area contributed by atoms with Crippen molar-refractivity contribution in [3.8, 4) is 0 Å². The molecule has 0 N–H and O–H groups in total. The van der Waals surface area contributed by atoms with Crippen LogP contribution in [0.25, 0.3) is 0 Å². The van der Waals surface area contributed by atoms with Gasteiger partial charge < -0.3 is 9.64 Å². The lowest BCUT2D eigenvalue weighted by Gasteiger charge is -2.42. The molecule has 0 bridgehead atoms. The Hall–Kier alpha value is -2.03. The summed E-state index contributed by atoms with van der Waals surface area (Å²) in [4.78, 5) is 11.6. The van der Waals surface area contributed by atoms with Crippen LogP contribution in [0.3, 0.4) is 0 Å². The Labute approximate surface area is 172 Å². The maximum Gasteiger partial charge on any atom is 0.245 e. The number of ether oxygens (including phenoxy) is 1. The summed E-state index contributed by atoms with van der Waals surface area (Å²) in [6, 6.07) is 10.6. The van der Waals surface area contributed by atoms with Crippen molar-refractivity contribution in [2.75, 3.05) is 31.1 Å². The number of hydrogen-bond donors (Lipinski definition) is 0. The molecule has 29 heavy (non-hydrogen) atoms. The highest BCUT2D eigenvalue weighted by molar-refractivity contribution is 7.89. The van der Waals surface area contributed by atoms with Crippen LogP contribution >= 0.6 is 0 Å². The van der Waals surface area contributed by atoms with Gasteiger partial charge in [0.15, 0.2) is 0 Å². The maximum absolute atomic E-state index is 13.2. The lowest BCUT2D eigenvalue weighted by atomic mass is 10.0. The molecule has 8 heteroatoms. The third-order valence-corrected chi connectivity index (χ3v) is 7.56. The van der Waals surface area contributed by atoms with Crippen LogP contribution in [0.4, 0.5) is 5.95 Å². The predicted octanol–water partition coefficient (Wildman–Crippen LogP) is 2.69. The first-order valence-electron chi connectivity index (χ1n) is 10.2. The normalized spacial score (nSPS) is 19.9. The fourth-order valence-electron chi connectivity index (χ4n) is 4.17. The second-order valence-corrected chi connectivity index (χ2v) is 9.98. The molecule has 2 aliphatic rings. The Kier molecular flexibility index (Phi) is 5.59. The van der Waals surface area contributed by atoms with Crippen molar-refractivity contribution in [1.29, 1.82) is 0 Å². The third-order valence-electron chi connectivity index (χ3n) is 5.60. The van der Waals surface area contributed by atoms with Gasteiger partial charge in [0, 0.05) is 44.4 Å². The van der Waals surface area contributed by atoms with E-state index in [2.05, 4.69) is 23.7 Å². The van der Waals surface area contributed by atoms with E-state index in [1.165, 1.54) is 0 Å². The molecule has 2 aliphatic heterocycles. The lowest BCUT2D eigenvalue weighted by Crippen LogP contribution is -2.55. The van der Waals surface area contributed by atoms with Crippen LogP contribution in [0.15, 0.2) is 47.5 Å². The molecule has 0 atom stereocenters. The van der Waals surface area contributed by atoms with Gasteiger partial charge in [0.1, 0.15) is 5.72 Å². The largest absolute Gasteiger partial charge is 0.358 e. The third kappa shape index (κ3) is 4.01. The molecule has 2 aromatic rings. The standard InChI is InChI=1S/C21H28N4O3S/c1-17(2)16-18-8-11-22-20(23-18)24-12-9-21(10-13-24)25(14-15-28-21)29(26,27)19-6-4-3-5-7-19/h3-8,11,17H,9-10,12-16H2,1-2H3. The van der Waals surface area contributed by atoms with E-state index in [0.717, 1.165) is 12.1 Å². The summed E-state index contributed by atoms with van der Waals surface area (Å²) in [6.07, 6.45) is 3.91. The summed E-state index contributed by atoms with van der Waals surface area (Å²) in [5, 5.41) is 0. The van der Waals surface area contributed by atoms with E-state index in [-0.39, 0.29) is 0 Å². The van der Waals surface area contributed by atoms with E-state index in [1.54, 1.807) is 28.6 Å². The molecule has 2 saturated heterocycles. The Morgan fingerprint density at radius 3 is 2.52 bits per heavy atom. The number of nitrogens with zero attached hydrogens (tertiary/aromatic N) is 4. The van der Waals surface area contributed by atoms with Crippen molar-refractivity contribution in [2.45, 2.75) is 43.7 Å². The zero-order valence-corrected chi connectivity index (χ0v) is 17.8. The quantitative estimate of drug-likeness (QED) is 0.746. The first-order valence-corrected chi connectivity index (χ1v) is 11.6. The average Bonchev–Trinajstić information content (AvgIpc) is 3.13. The molecule has 4 rings (SSSR count). The van der Waals surface area contributed by atoms with Gasteiger partial charge in [-0.3, -0.25) is 0 Å². The van der Waals surface area contributed by atoms with Crippen LogP contribution in [0.1, 0.15) is 32.4 Å². The van der Waals surface area contributed by atoms with Gasteiger partial charge in [-0.2, -0.15) is 4.31 Å². The smallest absolute Gasteiger partial charge is 0.245 e. The molecule has 1 aromatic heterocycles. The van der Waals surface area contributed by atoms with E-state index in [0.29, 0.717) is 55.8 Å². The van der Waals surface area contributed by atoms with Crippen LogP contribution in [-0.2, 0) is 21.2 Å². The van der Waals surface area contributed by atoms with Gasteiger partial charge >= 0.3 is 0 Å². The fraction of sp³-hybridized carbons (Fsp3) is 0.524. The van der Waals surface area contributed by atoms with Crippen LogP contribution in [0.5, 0.6) is 0 Å². The van der Waals surface area contributed by atoms with Crippen molar-refractivity contribution < 1.29 is 13.2 Å². The SMILES string of the molecule is CC(C)Cc1ccnc(N2CCC3(CC2)OCCN3S(=O)(=O)c2ccccc2)n1. The van der Waals surface area contributed by atoms with Crippen LogP contribution < -0.4 is 4.90 Å². The Bertz CT molecular complexity index is 941.